The fourth-order valence-electron chi connectivity index (χ4n) is 2.39. The highest BCUT2D eigenvalue weighted by atomic mass is 35.5. The van der Waals surface area contributed by atoms with Gasteiger partial charge in [-0.25, -0.2) is 4.98 Å². The zero-order chi connectivity index (χ0) is 13.8. The summed E-state index contributed by atoms with van der Waals surface area (Å²) in [6.07, 6.45) is 1.19. The summed E-state index contributed by atoms with van der Waals surface area (Å²) in [5.74, 6) is 1.04. The van der Waals surface area contributed by atoms with Crippen molar-refractivity contribution in [2.24, 2.45) is 0 Å². The molecule has 1 N–H and O–H groups in total. The Labute approximate surface area is 120 Å². The Morgan fingerprint density at radius 2 is 2.26 bits per heavy atom. The molecule has 0 amide bonds. The topological polar surface area (TPSA) is 31.4 Å². The fraction of sp³-hybridized carbons (Fsp3) is 0.643. The predicted octanol–water partition coefficient (Wildman–Crippen LogP) is 1.98. The number of pyridine rings is 1. The summed E-state index contributed by atoms with van der Waals surface area (Å²) in [6, 6.07) is 4.60. The third-order valence-electron chi connectivity index (χ3n) is 3.66. The number of nitrogens with one attached hydrogen (secondary N) is 1. The van der Waals surface area contributed by atoms with Crippen molar-refractivity contribution in [2.45, 2.75) is 25.9 Å². The molecule has 19 heavy (non-hydrogen) atoms. The standard InChI is InChI=1S/C14H23ClN4/c1-4-16-9-13-12(15)5-6-14(17-13)19-8-7-11(10-19)18(2)3/h5-6,11,16H,4,7-10H2,1-3H3. The van der Waals surface area contributed by atoms with Gasteiger partial charge in [0, 0.05) is 25.7 Å². The lowest BCUT2D eigenvalue weighted by Crippen LogP contribution is -2.31. The Kier molecular flexibility index (Phi) is 5.02. The third-order valence-corrected chi connectivity index (χ3v) is 4.01. The second-order valence-corrected chi connectivity index (χ2v) is 5.64. The average Bonchev–Trinajstić information content (AvgIpc) is 2.87. The van der Waals surface area contributed by atoms with E-state index < -0.39 is 0 Å². The molecule has 2 heterocycles. The van der Waals surface area contributed by atoms with Crippen LogP contribution in [0.5, 0.6) is 0 Å². The van der Waals surface area contributed by atoms with Gasteiger partial charge in [-0.2, -0.15) is 0 Å². The van der Waals surface area contributed by atoms with Crippen LogP contribution in [0.15, 0.2) is 12.1 Å². The first-order chi connectivity index (χ1) is 9.11. The van der Waals surface area contributed by atoms with E-state index in [1.807, 2.05) is 12.1 Å². The third kappa shape index (κ3) is 3.59. The summed E-state index contributed by atoms with van der Waals surface area (Å²) < 4.78 is 0. The van der Waals surface area contributed by atoms with Gasteiger partial charge in [0.1, 0.15) is 5.82 Å². The first kappa shape index (κ1) is 14.6. The zero-order valence-electron chi connectivity index (χ0n) is 12.0. The van der Waals surface area contributed by atoms with Crippen molar-refractivity contribution >= 4 is 17.4 Å². The second kappa shape index (κ2) is 6.55. The van der Waals surface area contributed by atoms with Crippen molar-refractivity contribution < 1.29 is 0 Å². The maximum atomic E-state index is 6.19. The molecule has 0 spiro atoms. The Morgan fingerprint density at radius 1 is 1.47 bits per heavy atom. The Balaban J connectivity index is 2.08. The number of nitrogens with zero attached hydrogens (tertiary/aromatic N) is 3. The summed E-state index contributed by atoms with van der Waals surface area (Å²) >= 11 is 6.19. The average molecular weight is 283 g/mol. The van der Waals surface area contributed by atoms with Crippen LogP contribution in [-0.4, -0.2) is 49.7 Å². The number of hydrogen-bond acceptors (Lipinski definition) is 4. The van der Waals surface area contributed by atoms with Crippen LogP contribution in [0.3, 0.4) is 0 Å². The molecule has 1 fully saturated rings. The van der Waals surface area contributed by atoms with E-state index in [2.05, 4.69) is 36.1 Å². The van der Waals surface area contributed by atoms with Gasteiger partial charge < -0.3 is 15.1 Å². The molecule has 1 aliphatic rings. The molecule has 1 saturated heterocycles. The minimum atomic E-state index is 0.620. The molecule has 0 bridgehead atoms. The SMILES string of the molecule is CCNCc1nc(N2CCC(N(C)C)C2)ccc1Cl. The molecular weight excluding hydrogens is 260 g/mol. The quantitative estimate of drug-likeness (QED) is 0.895. The van der Waals surface area contributed by atoms with E-state index in [0.29, 0.717) is 6.04 Å². The van der Waals surface area contributed by atoms with Gasteiger partial charge in [0.2, 0.25) is 0 Å². The Bertz CT molecular complexity index is 422. The molecule has 1 aliphatic heterocycles. The van der Waals surface area contributed by atoms with Gasteiger partial charge >= 0.3 is 0 Å². The molecule has 1 aromatic rings. The van der Waals surface area contributed by atoms with Crippen molar-refractivity contribution in [3.8, 4) is 0 Å². The molecule has 5 heteroatoms. The van der Waals surface area contributed by atoms with Gasteiger partial charge in [-0.05, 0) is 39.2 Å². The van der Waals surface area contributed by atoms with Crippen molar-refractivity contribution in [3.63, 3.8) is 0 Å². The molecular formula is C14H23ClN4. The largest absolute Gasteiger partial charge is 0.355 e. The van der Waals surface area contributed by atoms with Gasteiger partial charge in [0.15, 0.2) is 0 Å². The van der Waals surface area contributed by atoms with Crippen LogP contribution in [-0.2, 0) is 6.54 Å². The van der Waals surface area contributed by atoms with Crippen LogP contribution in [0.1, 0.15) is 19.0 Å². The van der Waals surface area contributed by atoms with Crippen molar-refractivity contribution in [1.82, 2.24) is 15.2 Å². The lowest BCUT2D eigenvalue weighted by Gasteiger charge is -2.21. The van der Waals surface area contributed by atoms with E-state index in [1.54, 1.807) is 0 Å². The predicted molar refractivity (Wildman–Crippen MR) is 80.9 cm³/mol. The molecule has 1 unspecified atom stereocenters. The minimum absolute atomic E-state index is 0.620. The van der Waals surface area contributed by atoms with Gasteiger partial charge in [-0.15, -0.1) is 0 Å². The number of likely N-dealkylation sites (N-methyl/N-ethyl adjacent to an activating group) is 1. The monoisotopic (exact) mass is 282 g/mol. The first-order valence-electron chi connectivity index (χ1n) is 6.89. The molecule has 0 saturated carbocycles. The highest BCUT2D eigenvalue weighted by molar-refractivity contribution is 6.31. The number of hydrogen-bond donors (Lipinski definition) is 1. The van der Waals surface area contributed by atoms with E-state index in [1.165, 1.54) is 6.42 Å². The fourth-order valence-corrected chi connectivity index (χ4v) is 2.56. The van der Waals surface area contributed by atoms with Crippen LogP contribution in [0.2, 0.25) is 5.02 Å². The molecule has 106 valence electrons. The van der Waals surface area contributed by atoms with Crippen LogP contribution in [0.25, 0.3) is 0 Å². The summed E-state index contributed by atoms with van der Waals surface area (Å²) in [7, 11) is 4.28. The van der Waals surface area contributed by atoms with E-state index in [0.717, 1.165) is 42.7 Å². The van der Waals surface area contributed by atoms with E-state index >= 15 is 0 Å². The Morgan fingerprint density at radius 3 is 2.89 bits per heavy atom. The van der Waals surface area contributed by atoms with Crippen molar-refractivity contribution in [2.75, 3.05) is 38.6 Å². The highest BCUT2D eigenvalue weighted by Gasteiger charge is 2.25. The smallest absolute Gasteiger partial charge is 0.129 e. The van der Waals surface area contributed by atoms with Crippen molar-refractivity contribution in [3.05, 3.63) is 22.8 Å². The maximum Gasteiger partial charge on any atom is 0.129 e. The molecule has 0 radical (unpaired) electrons. The second-order valence-electron chi connectivity index (χ2n) is 5.23. The lowest BCUT2D eigenvalue weighted by atomic mass is 10.2. The first-order valence-corrected chi connectivity index (χ1v) is 7.27. The highest BCUT2D eigenvalue weighted by Crippen LogP contribution is 2.23. The van der Waals surface area contributed by atoms with E-state index in [4.69, 9.17) is 16.6 Å². The molecule has 2 rings (SSSR count). The molecule has 4 nitrogen and oxygen atoms in total. The van der Waals surface area contributed by atoms with Crippen LogP contribution < -0.4 is 10.2 Å². The number of anilines is 1. The lowest BCUT2D eigenvalue weighted by molar-refractivity contribution is 0.315. The molecule has 0 aliphatic carbocycles. The van der Waals surface area contributed by atoms with Gasteiger partial charge in [-0.1, -0.05) is 18.5 Å². The number of aromatic nitrogens is 1. The minimum Gasteiger partial charge on any atom is -0.355 e. The van der Waals surface area contributed by atoms with Gasteiger partial charge in [0.25, 0.3) is 0 Å². The van der Waals surface area contributed by atoms with Crippen LogP contribution in [0, 0.1) is 0 Å². The number of rotatable bonds is 5. The maximum absolute atomic E-state index is 6.19. The summed E-state index contributed by atoms with van der Waals surface area (Å²) in [5, 5.41) is 4.02. The van der Waals surface area contributed by atoms with E-state index in [9.17, 15) is 0 Å². The summed E-state index contributed by atoms with van der Waals surface area (Å²) in [4.78, 5) is 9.33. The molecule has 1 aromatic heterocycles. The van der Waals surface area contributed by atoms with Gasteiger partial charge in [0.05, 0.1) is 10.7 Å². The van der Waals surface area contributed by atoms with Crippen molar-refractivity contribution in [1.29, 1.82) is 0 Å². The zero-order valence-corrected chi connectivity index (χ0v) is 12.7. The van der Waals surface area contributed by atoms with Crippen LogP contribution >= 0.6 is 11.6 Å². The van der Waals surface area contributed by atoms with Gasteiger partial charge in [-0.3, -0.25) is 0 Å². The number of halogens is 1. The Hall–Kier alpha value is -0.840. The van der Waals surface area contributed by atoms with Crippen LogP contribution in [0.4, 0.5) is 5.82 Å². The van der Waals surface area contributed by atoms with E-state index in [-0.39, 0.29) is 0 Å². The normalized spacial score (nSPS) is 19.4. The molecule has 1 atom stereocenters. The molecule has 0 aromatic carbocycles. The summed E-state index contributed by atoms with van der Waals surface area (Å²) in [6.45, 7) is 5.85. The summed E-state index contributed by atoms with van der Waals surface area (Å²) in [5.41, 5.74) is 0.939.